The maximum absolute atomic E-state index is 3.74. The molecule has 0 N–H and O–H groups in total. The third-order valence-corrected chi connectivity index (χ3v) is 2.51. The minimum Gasteiger partial charge on any atom is -0.133 e. The Hall–Kier alpha value is -1.52. The van der Waals surface area contributed by atoms with Crippen LogP contribution in [0.5, 0.6) is 0 Å². The number of hydrogen-bond acceptors (Lipinski definition) is 0. The Balaban J connectivity index is 2.50. The van der Waals surface area contributed by atoms with Gasteiger partial charge in [0.15, 0.2) is 0 Å². The van der Waals surface area contributed by atoms with E-state index < -0.39 is 0 Å². The quantitative estimate of drug-likeness (QED) is 0.621. The molecule has 1 unspecified atom stereocenters. The topological polar surface area (TPSA) is 0 Å². The number of allylic oxidation sites excluding steroid dienone is 1. The van der Waals surface area contributed by atoms with E-state index in [2.05, 4.69) is 50.1 Å². The Morgan fingerprint density at radius 1 is 1.33 bits per heavy atom. The molecule has 1 aromatic rings. The van der Waals surface area contributed by atoms with Gasteiger partial charge in [-0.05, 0) is 36.0 Å². The molecule has 0 fully saturated rings. The predicted octanol–water partition coefficient (Wildman–Crippen LogP) is 4.24. The first kappa shape index (κ1) is 11.6. The van der Waals surface area contributed by atoms with Crippen LogP contribution in [0.15, 0.2) is 49.2 Å². The fourth-order valence-corrected chi connectivity index (χ4v) is 1.50. The van der Waals surface area contributed by atoms with Gasteiger partial charge in [0.1, 0.15) is 0 Å². The van der Waals surface area contributed by atoms with Gasteiger partial charge in [0.25, 0.3) is 0 Å². The van der Waals surface area contributed by atoms with Crippen molar-refractivity contribution in [3.63, 3.8) is 0 Å². The third kappa shape index (κ3) is 4.01. The second-order valence-electron chi connectivity index (χ2n) is 3.83. The minimum atomic E-state index is 0.557. The molecular formula is C15H18. The van der Waals surface area contributed by atoms with Gasteiger partial charge in [0.05, 0.1) is 0 Å². The highest BCUT2D eigenvalue weighted by Crippen LogP contribution is 2.12. The Kier molecular flexibility index (Phi) is 4.66. The highest BCUT2D eigenvalue weighted by molar-refractivity contribution is 5.47. The number of benzene rings is 1. The summed E-state index contributed by atoms with van der Waals surface area (Å²) in [5.41, 5.74) is 5.39. The van der Waals surface area contributed by atoms with Crippen LogP contribution in [0.25, 0.3) is 6.08 Å². The number of rotatable bonds is 5. The van der Waals surface area contributed by atoms with Crippen LogP contribution < -0.4 is 0 Å². The largest absolute Gasteiger partial charge is 0.133 e. The molecule has 1 aromatic carbocycles. The number of aryl methyl sites for hydroxylation is 1. The molecule has 1 atom stereocenters. The zero-order chi connectivity index (χ0) is 11.1. The molecule has 0 aromatic heterocycles. The molecule has 0 spiro atoms. The summed E-state index contributed by atoms with van der Waals surface area (Å²) >= 11 is 0. The van der Waals surface area contributed by atoms with Gasteiger partial charge < -0.3 is 0 Å². The lowest BCUT2D eigenvalue weighted by Gasteiger charge is -2.05. The SMILES string of the molecule is C=C=CC(C)CCc1ccc(C=C)cc1. The van der Waals surface area contributed by atoms with E-state index in [4.69, 9.17) is 0 Å². The maximum Gasteiger partial charge on any atom is -0.0183 e. The van der Waals surface area contributed by atoms with Crippen molar-refractivity contribution in [3.05, 3.63) is 60.4 Å². The standard InChI is InChI=1S/C15H18/c1-4-6-13(3)7-8-15-11-9-14(5-2)10-12-15/h5-6,9-13H,1-2,7-8H2,3H3. The van der Waals surface area contributed by atoms with E-state index in [1.165, 1.54) is 11.1 Å². The van der Waals surface area contributed by atoms with Gasteiger partial charge in [-0.15, -0.1) is 5.73 Å². The Morgan fingerprint density at radius 2 is 2.00 bits per heavy atom. The van der Waals surface area contributed by atoms with Crippen molar-refractivity contribution in [2.24, 2.45) is 5.92 Å². The first-order valence-electron chi connectivity index (χ1n) is 5.33. The molecule has 0 aliphatic heterocycles. The Morgan fingerprint density at radius 3 is 2.53 bits per heavy atom. The Labute approximate surface area is 92.6 Å². The van der Waals surface area contributed by atoms with Crippen LogP contribution in [-0.2, 0) is 6.42 Å². The van der Waals surface area contributed by atoms with Crippen LogP contribution in [0.4, 0.5) is 0 Å². The van der Waals surface area contributed by atoms with Crippen molar-refractivity contribution in [1.82, 2.24) is 0 Å². The van der Waals surface area contributed by atoms with E-state index in [-0.39, 0.29) is 0 Å². The van der Waals surface area contributed by atoms with E-state index in [0.29, 0.717) is 5.92 Å². The molecule has 0 aliphatic rings. The van der Waals surface area contributed by atoms with Gasteiger partial charge in [-0.25, -0.2) is 0 Å². The van der Waals surface area contributed by atoms with Gasteiger partial charge in [-0.2, -0.15) is 0 Å². The van der Waals surface area contributed by atoms with Crippen molar-refractivity contribution in [1.29, 1.82) is 0 Å². The molecule has 0 saturated carbocycles. The fourth-order valence-electron chi connectivity index (χ4n) is 1.50. The molecule has 0 nitrogen and oxygen atoms in total. The van der Waals surface area contributed by atoms with Gasteiger partial charge >= 0.3 is 0 Å². The third-order valence-electron chi connectivity index (χ3n) is 2.51. The molecule has 0 heterocycles. The van der Waals surface area contributed by atoms with Gasteiger partial charge in [0, 0.05) is 0 Å². The van der Waals surface area contributed by atoms with Crippen molar-refractivity contribution in [3.8, 4) is 0 Å². The summed E-state index contributed by atoms with van der Waals surface area (Å²) in [7, 11) is 0. The normalized spacial score (nSPS) is 11.5. The van der Waals surface area contributed by atoms with Crippen LogP contribution >= 0.6 is 0 Å². The summed E-state index contributed by atoms with van der Waals surface area (Å²) in [6.07, 6.45) is 6.15. The molecule has 15 heavy (non-hydrogen) atoms. The smallest absolute Gasteiger partial charge is 0.0183 e. The second-order valence-corrected chi connectivity index (χ2v) is 3.83. The Bertz CT molecular complexity index is 350. The van der Waals surface area contributed by atoms with Crippen molar-refractivity contribution < 1.29 is 0 Å². The van der Waals surface area contributed by atoms with Crippen LogP contribution in [0.3, 0.4) is 0 Å². The van der Waals surface area contributed by atoms with E-state index in [1.807, 2.05) is 12.2 Å². The zero-order valence-electron chi connectivity index (χ0n) is 9.37. The van der Waals surface area contributed by atoms with E-state index in [9.17, 15) is 0 Å². The summed E-state index contributed by atoms with van der Waals surface area (Å²) < 4.78 is 0. The molecular weight excluding hydrogens is 180 g/mol. The number of hydrogen-bond donors (Lipinski definition) is 0. The highest BCUT2D eigenvalue weighted by atomic mass is 14.0. The molecule has 0 radical (unpaired) electrons. The van der Waals surface area contributed by atoms with Gasteiger partial charge in [-0.1, -0.05) is 50.4 Å². The average Bonchev–Trinajstić information content (AvgIpc) is 2.27. The fraction of sp³-hybridized carbons (Fsp3) is 0.267. The average molecular weight is 198 g/mol. The minimum absolute atomic E-state index is 0.557. The molecule has 0 bridgehead atoms. The zero-order valence-corrected chi connectivity index (χ0v) is 9.37. The van der Waals surface area contributed by atoms with Gasteiger partial charge in [-0.3, -0.25) is 0 Å². The maximum atomic E-state index is 3.74. The summed E-state index contributed by atoms with van der Waals surface area (Å²) in [5, 5.41) is 0. The summed E-state index contributed by atoms with van der Waals surface area (Å²) in [6, 6.07) is 8.55. The summed E-state index contributed by atoms with van der Waals surface area (Å²) in [5.74, 6) is 0.557. The summed E-state index contributed by atoms with van der Waals surface area (Å²) in [6.45, 7) is 9.52. The van der Waals surface area contributed by atoms with E-state index in [1.54, 1.807) is 0 Å². The second kappa shape index (κ2) is 6.06. The molecule has 1 rings (SSSR count). The van der Waals surface area contributed by atoms with Gasteiger partial charge in [0.2, 0.25) is 0 Å². The lowest BCUT2D eigenvalue weighted by atomic mass is 10.0. The van der Waals surface area contributed by atoms with Crippen molar-refractivity contribution in [2.75, 3.05) is 0 Å². The van der Waals surface area contributed by atoms with Crippen LogP contribution in [-0.4, -0.2) is 0 Å². The molecule has 0 aliphatic carbocycles. The van der Waals surface area contributed by atoms with Crippen molar-refractivity contribution >= 4 is 6.08 Å². The van der Waals surface area contributed by atoms with Crippen LogP contribution in [0.2, 0.25) is 0 Å². The predicted molar refractivity (Wildman–Crippen MR) is 67.7 cm³/mol. The highest BCUT2D eigenvalue weighted by Gasteiger charge is 1.98. The molecule has 0 amide bonds. The molecule has 0 saturated heterocycles. The van der Waals surface area contributed by atoms with Crippen molar-refractivity contribution in [2.45, 2.75) is 19.8 Å². The lowest BCUT2D eigenvalue weighted by Crippen LogP contribution is -1.93. The monoisotopic (exact) mass is 198 g/mol. The first-order chi connectivity index (χ1) is 7.26. The van der Waals surface area contributed by atoms with E-state index in [0.717, 1.165) is 12.8 Å². The van der Waals surface area contributed by atoms with Crippen LogP contribution in [0.1, 0.15) is 24.5 Å². The summed E-state index contributed by atoms with van der Waals surface area (Å²) in [4.78, 5) is 0. The molecule has 78 valence electrons. The lowest BCUT2D eigenvalue weighted by molar-refractivity contribution is 0.648. The van der Waals surface area contributed by atoms with Crippen LogP contribution in [0, 0.1) is 5.92 Å². The molecule has 0 heteroatoms. The van der Waals surface area contributed by atoms with E-state index >= 15 is 0 Å². The first-order valence-corrected chi connectivity index (χ1v) is 5.33.